The summed E-state index contributed by atoms with van der Waals surface area (Å²) in [6, 6.07) is 7.08. The van der Waals surface area contributed by atoms with Crippen LogP contribution < -0.4 is 11.1 Å². The molecular weight excluding hydrogens is 327 g/mol. The minimum Gasteiger partial charge on any atom is -0.361 e. The molecule has 8 heteroatoms. The Labute approximate surface area is 145 Å². The molecule has 0 saturated carbocycles. The molecule has 134 valence electrons. The van der Waals surface area contributed by atoms with Gasteiger partial charge < -0.3 is 15.2 Å². The third-order valence-electron chi connectivity index (χ3n) is 3.65. The Morgan fingerprint density at radius 2 is 2.00 bits per heavy atom. The Balaban J connectivity index is 1.72. The minimum atomic E-state index is -0.838. The highest BCUT2D eigenvalue weighted by atomic mass is 19.1. The highest BCUT2D eigenvalue weighted by Gasteiger charge is 2.09. The van der Waals surface area contributed by atoms with Gasteiger partial charge in [0.05, 0.1) is 0 Å². The topological polar surface area (TPSA) is 101 Å². The minimum absolute atomic E-state index is 0.205. The number of carbonyl (C=O) groups is 2. The number of primary amides is 1. The van der Waals surface area contributed by atoms with E-state index in [1.54, 1.807) is 12.1 Å². The molecule has 0 bridgehead atoms. The summed E-state index contributed by atoms with van der Waals surface area (Å²) >= 11 is 0. The zero-order valence-electron chi connectivity index (χ0n) is 14.0. The molecule has 0 saturated heterocycles. The van der Waals surface area contributed by atoms with Gasteiger partial charge in [0.2, 0.25) is 5.91 Å². The number of nitrogens with two attached hydrogens (primary N) is 1. The van der Waals surface area contributed by atoms with E-state index in [2.05, 4.69) is 5.16 Å². The number of hydrogen-bond donors (Lipinski definition) is 2. The molecule has 3 N–H and O–H groups in total. The average Bonchev–Trinajstić information content (AvgIpc) is 3.02. The monoisotopic (exact) mass is 348 g/mol. The van der Waals surface area contributed by atoms with Crippen molar-refractivity contribution in [2.24, 2.45) is 5.73 Å². The van der Waals surface area contributed by atoms with Gasteiger partial charge in [-0.3, -0.25) is 10.1 Å². The van der Waals surface area contributed by atoms with Gasteiger partial charge in [0.15, 0.2) is 0 Å². The molecule has 0 aliphatic rings. The highest BCUT2D eigenvalue weighted by Crippen LogP contribution is 2.20. The molecule has 0 spiro atoms. The van der Waals surface area contributed by atoms with E-state index in [0.717, 1.165) is 24.3 Å². The normalized spacial score (nSPS) is 10.8. The van der Waals surface area contributed by atoms with Crippen LogP contribution in [0.25, 0.3) is 11.3 Å². The smallest absolute Gasteiger partial charge is 0.318 e. The number of amides is 3. The van der Waals surface area contributed by atoms with Crippen LogP contribution >= 0.6 is 0 Å². The number of imide groups is 1. The predicted molar refractivity (Wildman–Crippen MR) is 90.1 cm³/mol. The Hall–Kier alpha value is -2.74. The number of hydrogen-bond acceptors (Lipinski definition) is 5. The Bertz CT molecular complexity index is 715. The molecule has 0 aliphatic heterocycles. The molecular formula is C17H21FN4O3. The molecule has 25 heavy (non-hydrogen) atoms. The zero-order chi connectivity index (χ0) is 18.2. The van der Waals surface area contributed by atoms with Crippen LogP contribution in [0, 0.1) is 5.82 Å². The molecule has 3 amide bonds. The molecule has 0 unspecified atom stereocenters. The maximum absolute atomic E-state index is 12.9. The zero-order valence-corrected chi connectivity index (χ0v) is 14.0. The van der Waals surface area contributed by atoms with Crippen LogP contribution in [0.5, 0.6) is 0 Å². The van der Waals surface area contributed by atoms with Crippen LogP contribution in [-0.4, -0.2) is 42.1 Å². The first-order chi connectivity index (χ1) is 11.9. The number of nitrogens with one attached hydrogen (secondary N) is 1. The van der Waals surface area contributed by atoms with Crippen molar-refractivity contribution in [2.75, 3.05) is 20.1 Å². The molecule has 2 rings (SSSR count). The summed E-state index contributed by atoms with van der Waals surface area (Å²) in [5, 5.41) is 6.02. The van der Waals surface area contributed by atoms with Gasteiger partial charge in [-0.15, -0.1) is 0 Å². The highest BCUT2D eigenvalue weighted by molar-refractivity contribution is 5.93. The standard InChI is InChI=1S/C17H21FN4O3/c1-22(10-8-16(23)20-17(19)24)9-2-3-14-11-15(21-25-14)12-4-6-13(18)7-5-12/h4-7,11H,2-3,8-10H2,1H3,(H3,19,20,23,24). The van der Waals surface area contributed by atoms with Crippen LogP contribution in [0.15, 0.2) is 34.9 Å². The van der Waals surface area contributed by atoms with Crippen molar-refractivity contribution >= 4 is 11.9 Å². The molecule has 0 aliphatic carbocycles. The van der Waals surface area contributed by atoms with Crippen LogP contribution in [0.3, 0.4) is 0 Å². The van der Waals surface area contributed by atoms with E-state index in [0.29, 0.717) is 18.7 Å². The van der Waals surface area contributed by atoms with Gasteiger partial charge in [-0.05, 0) is 44.3 Å². The quantitative estimate of drug-likeness (QED) is 0.759. The maximum atomic E-state index is 12.9. The van der Waals surface area contributed by atoms with Gasteiger partial charge in [-0.2, -0.15) is 0 Å². The summed E-state index contributed by atoms with van der Waals surface area (Å²) in [5.74, 6) is 0.0673. The Kier molecular flexibility index (Phi) is 6.64. The van der Waals surface area contributed by atoms with Crippen molar-refractivity contribution in [1.29, 1.82) is 0 Å². The number of benzene rings is 1. The SMILES string of the molecule is CN(CCCc1cc(-c2ccc(F)cc2)no1)CCC(=O)NC(N)=O. The average molecular weight is 348 g/mol. The summed E-state index contributed by atoms with van der Waals surface area (Å²) in [4.78, 5) is 23.9. The number of aryl methyl sites for hydroxylation is 1. The van der Waals surface area contributed by atoms with Crippen LogP contribution in [0.2, 0.25) is 0 Å². The summed E-state index contributed by atoms with van der Waals surface area (Å²) in [5.41, 5.74) is 6.35. The number of carbonyl (C=O) groups excluding carboxylic acids is 2. The van der Waals surface area contributed by atoms with Gasteiger partial charge in [-0.25, -0.2) is 9.18 Å². The summed E-state index contributed by atoms with van der Waals surface area (Å²) in [6.45, 7) is 1.28. The lowest BCUT2D eigenvalue weighted by atomic mass is 10.1. The van der Waals surface area contributed by atoms with E-state index >= 15 is 0 Å². The van der Waals surface area contributed by atoms with Crippen molar-refractivity contribution in [3.63, 3.8) is 0 Å². The fourth-order valence-electron chi connectivity index (χ4n) is 2.31. The van der Waals surface area contributed by atoms with Crippen LogP contribution in [0.4, 0.5) is 9.18 Å². The lowest BCUT2D eigenvalue weighted by Gasteiger charge is -2.15. The molecule has 7 nitrogen and oxygen atoms in total. The molecule has 0 radical (unpaired) electrons. The summed E-state index contributed by atoms with van der Waals surface area (Å²) in [6.07, 6.45) is 1.73. The van der Waals surface area contributed by atoms with Gasteiger partial charge in [-0.1, -0.05) is 5.16 Å². The van der Waals surface area contributed by atoms with Crippen molar-refractivity contribution in [3.8, 4) is 11.3 Å². The Morgan fingerprint density at radius 1 is 1.28 bits per heavy atom. The van der Waals surface area contributed by atoms with E-state index in [9.17, 15) is 14.0 Å². The van der Waals surface area contributed by atoms with Crippen molar-refractivity contribution in [2.45, 2.75) is 19.3 Å². The van der Waals surface area contributed by atoms with Gasteiger partial charge in [0.1, 0.15) is 17.3 Å². The molecule has 1 heterocycles. The van der Waals surface area contributed by atoms with E-state index in [1.165, 1.54) is 12.1 Å². The maximum Gasteiger partial charge on any atom is 0.318 e. The molecule has 2 aromatic rings. The number of aromatic nitrogens is 1. The second-order valence-electron chi connectivity index (χ2n) is 5.75. The van der Waals surface area contributed by atoms with E-state index in [4.69, 9.17) is 10.3 Å². The van der Waals surface area contributed by atoms with Gasteiger partial charge >= 0.3 is 6.03 Å². The molecule has 0 fully saturated rings. The fraction of sp³-hybridized carbons (Fsp3) is 0.353. The number of halogens is 1. The first-order valence-corrected chi connectivity index (χ1v) is 7.93. The van der Waals surface area contributed by atoms with E-state index in [1.807, 2.05) is 23.3 Å². The fourth-order valence-corrected chi connectivity index (χ4v) is 2.31. The van der Waals surface area contributed by atoms with E-state index in [-0.39, 0.29) is 12.2 Å². The predicted octanol–water partition coefficient (Wildman–Crippen LogP) is 1.93. The Morgan fingerprint density at radius 3 is 2.68 bits per heavy atom. The molecule has 0 atom stereocenters. The number of nitrogens with zero attached hydrogens (tertiary/aromatic N) is 2. The third-order valence-corrected chi connectivity index (χ3v) is 3.65. The lowest BCUT2D eigenvalue weighted by Crippen LogP contribution is -2.36. The van der Waals surface area contributed by atoms with Gasteiger partial charge in [0.25, 0.3) is 0 Å². The number of rotatable bonds is 8. The van der Waals surface area contributed by atoms with Crippen LogP contribution in [-0.2, 0) is 11.2 Å². The van der Waals surface area contributed by atoms with Crippen LogP contribution in [0.1, 0.15) is 18.6 Å². The van der Waals surface area contributed by atoms with Crippen molar-refractivity contribution in [1.82, 2.24) is 15.4 Å². The second kappa shape index (κ2) is 8.93. The summed E-state index contributed by atoms with van der Waals surface area (Å²) in [7, 11) is 1.89. The third kappa shape index (κ3) is 6.34. The lowest BCUT2D eigenvalue weighted by molar-refractivity contribution is -0.120. The summed E-state index contributed by atoms with van der Waals surface area (Å²) < 4.78 is 18.2. The first-order valence-electron chi connectivity index (χ1n) is 7.93. The van der Waals surface area contributed by atoms with Crippen molar-refractivity contribution in [3.05, 3.63) is 41.9 Å². The van der Waals surface area contributed by atoms with E-state index < -0.39 is 11.9 Å². The first kappa shape index (κ1) is 18.6. The molecule has 1 aromatic heterocycles. The molecule has 1 aromatic carbocycles. The van der Waals surface area contributed by atoms with Gasteiger partial charge in [0, 0.05) is 31.0 Å². The number of urea groups is 1. The van der Waals surface area contributed by atoms with Crippen molar-refractivity contribution < 1.29 is 18.5 Å². The second-order valence-corrected chi connectivity index (χ2v) is 5.75. The largest absolute Gasteiger partial charge is 0.361 e.